The average molecular weight is 476 g/mol. The van der Waals surface area contributed by atoms with E-state index in [1.165, 1.54) is 24.3 Å². The summed E-state index contributed by atoms with van der Waals surface area (Å²) < 4.78 is 28.0. The SMILES string of the molecule is Cc1ccc(S(=O)(=O)N[C@@H](CC(=O)NC(C)(C)C)C(=O)NCc2cccc(C(=O)O)c2)cc1. The predicted octanol–water partition coefficient (Wildman–Crippen LogP) is 1.96. The summed E-state index contributed by atoms with van der Waals surface area (Å²) in [6.45, 7) is 7.09. The highest BCUT2D eigenvalue weighted by Gasteiger charge is 2.29. The average Bonchev–Trinajstić information content (AvgIpc) is 2.70. The van der Waals surface area contributed by atoms with Crippen LogP contribution in [0.3, 0.4) is 0 Å². The Kier molecular flexibility index (Phi) is 8.34. The third-order valence-electron chi connectivity index (χ3n) is 4.49. The Morgan fingerprint density at radius 3 is 2.24 bits per heavy atom. The first-order valence-corrected chi connectivity index (χ1v) is 11.7. The second-order valence-corrected chi connectivity index (χ2v) is 10.4. The first-order chi connectivity index (χ1) is 15.3. The van der Waals surface area contributed by atoms with Gasteiger partial charge in [-0.3, -0.25) is 9.59 Å². The monoisotopic (exact) mass is 475 g/mol. The van der Waals surface area contributed by atoms with Crippen LogP contribution in [0.25, 0.3) is 0 Å². The quantitative estimate of drug-likeness (QED) is 0.437. The number of benzene rings is 2. The number of carbonyl (C=O) groups excluding carboxylic acids is 2. The van der Waals surface area contributed by atoms with Crippen LogP contribution in [0.2, 0.25) is 0 Å². The van der Waals surface area contributed by atoms with E-state index in [-0.39, 0.29) is 17.0 Å². The van der Waals surface area contributed by atoms with E-state index in [0.29, 0.717) is 5.56 Å². The Labute approximate surface area is 193 Å². The van der Waals surface area contributed by atoms with Gasteiger partial charge in [0.2, 0.25) is 21.8 Å². The van der Waals surface area contributed by atoms with Crippen molar-refractivity contribution < 1.29 is 27.9 Å². The number of hydrogen-bond donors (Lipinski definition) is 4. The van der Waals surface area contributed by atoms with Crippen LogP contribution in [-0.2, 0) is 26.2 Å². The molecule has 0 fully saturated rings. The lowest BCUT2D eigenvalue weighted by molar-refractivity contribution is -0.128. The third-order valence-corrected chi connectivity index (χ3v) is 5.98. The van der Waals surface area contributed by atoms with Crippen molar-refractivity contribution >= 4 is 27.8 Å². The van der Waals surface area contributed by atoms with Crippen LogP contribution in [0.4, 0.5) is 0 Å². The number of sulfonamides is 1. The van der Waals surface area contributed by atoms with Gasteiger partial charge in [-0.15, -0.1) is 0 Å². The molecule has 1 atom stereocenters. The first kappa shape index (κ1) is 26.0. The molecule has 9 nitrogen and oxygen atoms in total. The Balaban J connectivity index is 2.21. The van der Waals surface area contributed by atoms with E-state index in [1.807, 2.05) is 6.92 Å². The van der Waals surface area contributed by atoms with E-state index in [0.717, 1.165) is 5.56 Å². The van der Waals surface area contributed by atoms with E-state index in [9.17, 15) is 22.8 Å². The lowest BCUT2D eigenvalue weighted by Crippen LogP contribution is -2.50. The van der Waals surface area contributed by atoms with E-state index in [2.05, 4.69) is 15.4 Å². The molecule has 0 saturated heterocycles. The molecule has 0 heterocycles. The number of aromatic carboxylic acids is 1. The van der Waals surface area contributed by atoms with Gasteiger partial charge in [0.05, 0.1) is 16.9 Å². The molecule has 2 amide bonds. The summed E-state index contributed by atoms with van der Waals surface area (Å²) in [4.78, 5) is 36.4. The molecule has 0 saturated carbocycles. The van der Waals surface area contributed by atoms with Crippen molar-refractivity contribution in [2.45, 2.75) is 57.1 Å². The normalized spacial score (nSPS) is 12.6. The smallest absolute Gasteiger partial charge is 0.335 e. The largest absolute Gasteiger partial charge is 0.478 e. The van der Waals surface area contributed by atoms with Crippen molar-refractivity contribution in [1.29, 1.82) is 0 Å². The van der Waals surface area contributed by atoms with Crippen LogP contribution in [0.5, 0.6) is 0 Å². The number of carboxylic acids is 1. The van der Waals surface area contributed by atoms with Crippen LogP contribution in [0, 0.1) is 6.92 Å². The minimum atomic E-state index is -4.08. The summed E-state index contributed by atoms with van der Waals surface area (Å²) in [6, 6.07) is 10.7. The molecule has 0 aliphatic heterocycles. The highest BCUT2D eigenvalue weighted by Crippen LogP contribution is 2.12. The van der Waals surface area contributed by atoms with Gasteiger partial charge in [-0.25, -0.2) is 13.2 Å². The fourth-order valence-electron chi connectivity index (χ4n) is 2.94. The lowest BCUT2D eigenvalue weighted by Gasteiger charge is -2.23. The number of nitrogens with one attached hydrogen (secondary N) is 3. The molecular formula is C23H29N3O6S. The van der Waals surface area contributed by atoms with Gasteiger partial charge < -0.3 is 15.7 Å². The van der Waals surface area contributed by atoms with E-state index < -0.39 is 45.8 Å². The maximum atomic E-state index is 12.9. The van der Waals surface area contributed by atoms with E-state index >= 15 is 0 Å². The Morgan fingerprint density at radius 1 is 1.03 bits per heavy atom. The van der Waals surface area contributed by atoms with Gasteiger partial charge in [0.1, 0.15) is 6.04 Å². The van der Waals surface area contributed by atoms with Gasteiger partial charge in [0.25, 0.3) is 0 Å². The number of aryl methyl sites for hydroxylation is 1. The summed E-state index contributed by atoms with van der Waals surface area (Å²) in [5.74, 6) is -2.32. The third kappa shape index (κ3) is 8.32. The first-order valence-electron chi connectivity index (χ1n) is 10.3. The summed E-state index contributed by atoms with van der Waals surface area (Å²) in [7, 11) is -4.08. The van der Waals surface area contributed by atoms with Crippen molar-refractivity contribution in [2.24, 2.45) is 0 Å². The Hall–Kier alpha value is -3.24. The van der Waals surface area contributed by atoms with Gasteiger partial charge in [-0.2, -0.15) is 4.72 Å². The zero-order valence-electron chi connectivity index (χ0n) is 19.0. The molecule has 0 spiro atoms. The van der Waals surface area contributed by atoms with Gasteiger partial charge >= 0.3 is 5.97 Å². The maximum absolute atomic E-state index is 12.9. The Morgan fingerprint density at radius 2 is 1.67 bits per heavy atom. The Bertz CT molecular complexity index is 1120. The van der Waals surface area contributed by atoms with E-state index in [1.54, 1.807) is 45.0 Å². The van der Waals surface area contributed by atoms with Crippen molar-refractivity contribution in [3.05, 3.63) is 65.2 Å². The maximum Gasteiger partial charge on any atom is 0.335 e. The molecule has 2 rings (SSSR count). The molecule has 2 aromatic carbocycles. The minimum absolute atomic E-state index is 0.0312. The van der Waals surface area contributed by atoms with Gasteiger partial charge in [-0.1, -0.05) is 29.8 Å². The zero-order valence-corrected chi connectivity index (χ0v) is 19.8. The lowest BCUT2D eigenvalue weighted by atomic mass is 10.1. The van der Waals surface area contributed by atoms with Gasteiger partial charge in [0, 0.05) is 12.1 Å². The number of carboxylic acid groups (broad SMARTS) is 1. The molecule has 4 N–H and O–H groups in total. The van der Waals surface area contributed by atoms with Crippen molar-refractivity contribution in [1.82, 2.24) is 15.4 Å². The van der Waals surface area contributed by atoms with Crippen LogP contribution in [0.15, 0.2) is 53.4 Å². The van der Waals surface area contributed by atoms with Crippen molar-refractivity contribution in [3.8, 4) is 0 Å². The number of carbonyl (C=O) groups is 3. The summed E-state index contributed by atoms with van der Waals surface area (Å²) in [5.41, 5.74) is 0.882. The van der Waals surface area contributed by atoms with Crippen LogP contribution in [0.1, 0.15) is 48.7 Å². The molecular weight excluding hydrogens is 446 g/mol. The molecule has 0 aromatic heterocycles. The highest BCUT2D eigenvalue weighted by molar-refractivity contribution is 7.89. The minimum Gasteiger partial charge on any atom is -0.478 e. The van der Waals surface area contributed by atoms with Crippen LogP contribution >= 0.6 is 0 Å². The van der Waals surface area contributed by atoms with Gasteiger partial charge in [0.15, 0.2) is 0 Å². The molecule has 0 bridgehead atoms. The fraction of sp³-hybridized carbons (Fsp3) is 0.348. The molecule has 178 valence electrons. The van der Waals surface area contributed by atoms with E-state index in [4.69, 9.17) is 5.11 Å². The molecule has 0 unspecified atom stereocenters. The molecule has 2 aromatic rings. The number of hydrogen-bond acceptors (Lipinski definition) is 5. The van der Waals surface area contributed by atoms with Crippen LogP contribution < -0.4 is 15.4 Å². The predicted molar refractivity (Wildman–Crippen MR) is 123 cm³/mol. The standard InChI is InChI=1S/C23H29N3O6S/c1-15-8-10-18(11-9-15)33(31,32)26-19(13-20(27)25-23(2,3)4)21(28)24-14-16-6-5-7-17(12-16)22(29)30/h5-12,19,26H,13-14H2,1-4H3,(H,24,28)(H,25,27)(H,29,30)/t19-/m0/s1. The van der Waals surface area contributed by atoms with Crippen molar-refractivity contribution in [3.63, 3.8) is 0 Å². The highest BCUT2D eigenvalue weighted by atomic mass is 32.2. The second kappa shape index (κ2) is 10.6. The molecule has 0 aliphatic rings. The molecule has 33 heavy (non-hydrogen) atoms. The number of amides is 2. The summed E-state index contributed by atoms with van der Waals surface area (Å²) >= 11 is 0. The number of rotatable bonds is 9. The molecule has 0 aliphatic carbocycles. The molecule has 0 radical (unpaired) electrons. The summed E-state index contributed by atoms with van der Waals surface area (Å²) in [5, 5.41) is 14.4. The van der Waals surface area contributed by atoms with Crippen LogP contribution in [-0.4, -0.2) is 42.9 Å². The topological polar surface area (TPSA) is 142 Å². The second-order valence-electron chi connectivity index (χ2n) is 8.71. The summed E-state index contributed by atoms with van der Waals surface area (Å²) in [6.07, 6.45) is -0.413. The van der Waals surface area contributed by atoms with Gasteiger partial charge in [-0.05, 0) is 57.5 Å². The molecule has 10 heteroatoms. The fourth-order valence-corrected chi connectivity index (χ4v) is 4.14. The van der Waals surface area contributed by atoms with Crippen molar-refractivity contribution in [2.75, 3.05) is 0 Å². The zero-order chi connectivity index (χ0) is 24.8.